The Labute approximate surface area is 102 Å². The van der Waals surface area contributed by atoms with Gasteiger partial charge < -0.3 is 11.5 Å². The van der Waals surface area contributed by atoms with Crippen molar-refractivity contribution in [3.05, 3.63) is 34.7 Å². The Morgan fingerprint density at radius 2 is 1.94 bits per heavy atom. The molecule has 88 valence electrons. The molecule has 0 fully saturated rings. The lowest BCUT2D eigenvalue weighted by Crippen LogP contribution is -2.04. The number of anilines is 2. The third kappa shape index (κ3) is 2.14. The highest BCUT2D eigenvalue weighted by atomic mass is 35.5. The van der Waals surface area contributed by atoms with Crippen LogP contribution in [0.4, 0.5) is 16.2 Å². The highest BCUT2D eigenvalue weighted by molar-refractivity contribution is 6.31. The van der Waals surface area contributed by atoms with Crippen molar-refractivity contribution in [1.29, 1.82) is 0 Å². The molecule has 0 aliphatic heterocycles. The van der Waals surface area contributed by atoms with Gasteiger partial charge in [0, 0.05) is 5.56 Å². The van der Waals surface area contributed by atoms with Crippen LogP contribution in [0.15, 0.2) is 18.2 Å². The fourth-order valence-electron chi connectivity index (χ4n) is 1.63. The number of benzene rings is 1. The zero-order valence-corrected chi connectivity index (χ0v) is 9.79. The van der Waals surface area contributed by atoms with Crippen LogP contribution in [-0.4, -0.2) is 9.97 Å². The van der Waals surface area contributed by atoms with Gasteiger partial charge in [0.25, 0.3) is 0 Å². The number of rotatable bonds is 1. The van der Waals surface area contributed by atoms with Gasteiger partial charge >= 0.3 is 0 Å². The van der Waals surface area contributed by atoms with E-state index in [1.807, 2.05) is 0 Å². The monoisotopic (exact) mass is 252 g/mol. The number of hydrogen-bond donors (Lipinski definition) is 2. The lowest BCUT2D eigenvalue weighted by Gasteiger charge is -2.09. The number of aromatic nitrogens is 2. The Hall–Kier alpha value is -1.88. The van der Waals surface area contributed by atoms with Gasteiger partial charge in [-0.3, -0.25) is 0 Å². The van der Waals surface area contributed by atoms with Gasteiger partial charge in [-0.2, -0.15) is 4.98 Å². The Morgan fingerprint density at radius 3 is 2.53 bits per heavy atom. The average Bonchev–Trinajstić information content (AvgIpc) is 2.21. The van der Waals surface area contributed by atoms with E-state index in [1.54, 1.807) is 13.0 Å². The molecule has 0 radical (unpaired) electrons. The van der Waals surface area contributed by atoms with Crippen LogP contribution < -0.4 is 11.5 Å². The molecule has 6 heteroatoms. The van der Waals surface area contributed by atoms with Gasteiger partial charge in [-0.15, -0.1) is 0 Å². The molecule has 0 atom stereocenters. The third-order valence-electron chi connectivity index (χ3n) is 2.34. The topological polar surface area (TPSA) is 77.8 Å². The molecule has 0 aliphatic carbocycles. The number of hydrogen-bond acceptors (Lipinski definition) is 4. The fraction of sp³-hybridized carbons (Fsp3) is 0.0909. The molecule has 1 aromatic heterocycles. The Kier molecular flexibility index (Phi) is 2.85. The molecule has 0 spiro atoms. The van der Waals surface area contributed by atoms with E-state index in [1.165, 1.54) is 12.1 Å². The molecular formula is C11H10ClFN4. The predicted molar refractivity (Wildman–Crippen MR) is 66.0 cm³/mol. The van der Waals surface area contributed by atoms with Crippen molar-refractivity contribution in [2.45, 2.75) is 6.92 Å². The number of aryl methyl sites for hydroxylation is 1. The first kappa shape index (κ1) is 11.6. The molecule has 0 saturated heterocycles. The highest BCUT2D eigenvalue weighted by Gasteiger charge is 2.12. The maximum Gasteiger partial charge on any atom is 0.222 e. The molecule has 4 nitrogen and oxygen atoms in total. The molecule has 0 saturated carbocycles. The molecule has 2 rings (SSSR count). The van der Waals surface area contributed by atoms with Crippen molar-refractivity contribution in [3.63, 3.8) is 0 Å². The van der Waals surface area contributed by atoms with E-state index in [0.29, 0.717) is 16.8 Å². The lowest BCUT2D eigenvalue weighted by molar-refractivity contribution is 0.628. The van der Waals surface area contributed by atoms with Crippen molar-refractivity contribution >= 4 is 23.4 Å². The summed E-state index contributed by atoms with van der Waals surface area (Å²) < 4.78 is 13.1. The molecule has 0 unspecified atom stereocenters. The van der Waals surface area contributed by atoms with Gasteiger partial charge in [-0.25, -0.2) is 9.37 Å². The first-order chi connectivity index (χ1) is 7.99. The summed E-state index contributed by atoms with van der Waals surface area (Å²) in [6.45, 7) is 1.75. The van der Waals surface area contributed by atoms with Crippen LogP contribution in [0.2, 0.25) is 5.02 Å². The van der Waals surface area contributed by atoms with Gasteiger partial charge in [0.2, 0.25) is 5.95 Å². The number of nitrogen functional groups attached to an aromatic ring is 2. The zero-order chi connectivity index (χ0) is 12.6. The minimum Gasteiger partial charge on any atom is -0.383 e. The highest BCUT2D eigenvalue weighted by Crippen LogP contribution is 2.30. The van der Waals surface area contributed by atoms with Crippen LogP contribution in [0.5, 0.6) is 0 Å². The molecule has 4 N–H and O–H groups in total. The van der Waals surface area contributed by atoms with Crippen LogP contribution in [0.3, 0.4) is 0 Å². The van der Waals surface area contributed by atoms with Crippen LogP contribution in [0.25, 0.3) is 11.1 Å². The van der Waals surface area contributed by atoms with Gasteiger partial charge in [-0.1, -0.05) is 17.7 Å². The van der Waals surface area contributed by atoms with E-state index in [0.717, 1.165) is 0 Å². The van der Waals surface area contributed by atoms with Crippen LogP contribution in [0.1, 0.15) is 5.69 Å². The maximum absolute atomic E-state index is 13.1. The lowest BCUT2D eigenvalue weighted by atomic mass is 10.1. The maximum atomic E-state index is 13.1. The summed E-state index contributed by atoms with van der Waals surface area (Å²) in [6.07, 6.45) is 0. The number of halogens is 2. The third-order valence-corrected chi connectivity index (χ3v) is 2.63. The minimum absolute atomic E-state index is 0.0260. The number of nitrogens with zero attached hydrogens (tertiary/aromatic N) is 2. The molecule has 1 aromatic carbocycles. The van der Waals surface area contributed by atoms with E-state index in [2.05, 4.69) is 9.97 Å². The summed E-state index contributed by atoms with van der Waals surface area (Å²) in [4.78, 5) is 7.88. The quantitative estimate of drug-likeness (QED) is 0.817. The van der Waals surface area contributed by atoms with Gasteiger partial charge in [0.1, 0.15) is 11.6 Å². The van der Waals surface area contributed by atoms with Crippen LogP contribution >= 0.6 is 11.6 Å². The van der Waals surface area contributed by atoms with Crippen molar-refractivity contribution < 1.29 is 4.39 Å². The largest absolute Gasteiger partial charge is 0.383 e. The first-order valence-electron chi connectivity index (χ1n) is 4.84. The molecule has 0 aliphatic rings. The molecule has 0 amide bonds. The second-order valence-electron chi connectivity index (χ2n) is 3.56. The van der Waals surface area contributed by atoms with Crippen molar-refractivity contribution in [2.24, 2.45) is 0 Å². The van der Waals surface area contributed by atoms with Gasteiger partial charge in [0.05, 0.1) is 10.7 Å². The van der Waals surface area contributed by atoms with Crippen LogP contribution in [0, 0.1) is 12.7 Å². The SMILES string of the molecule is Cc1nc(N)nc(N)c1-c1ccc(F)c(Cl)c1. The van der Waals surface area contributed by atoms with Crippen molar-refractivity contribution in [3.8, 4) is 11.1 Å². The summed E-state index contributed by atoms with van der Waals surface area (Å²) >= 11 is 5.72. The smallest absolute Gasteiger partial charge is 0.222 e. The second-order valence-corrected chi connectivity index (χ2v) is 3.96. The molecular weight excluding hydrogens is 243 g/mol. The van der Waals surface area contributed by atoms with E-state index in [-0.39, 0.29) is 16.8 Å². The number of nitrogens with two attached hydrogens (primary N) is 2. The normalized spacial score (nSPS) is 10.5. The van der Waals surface area contributed by atoms with E-state index >= 15 is 0 Å². The Balaban J connectivity index is 2.64. The van der Waals surface area contributed by atoms with Gasteiger partial charge in [0.15, 0.2) is 0 Å². The molecule has 17 heavy (non-hydrogen) atoms. The minimum atomic E-state index is -0.483. The van der Waals surface area contributed by atoms with Crippen molar-refractivity contribution in [1.82, 2.24) is 9.97 Å². The summed E-state index contributed by atoms with van der Waals surface area (Å²) in [7, 11) is 0. The second kappa shape index (κ2) is 4.18. The standard InChI is InChI=1S/C11H10ClFN4/c1-5-9(10(14)17-11(15)16-5)6-2-3-8(13)7(12)4-6/h2-4H,1H3,(H4,14,15,16,17). The van der Waals surface area contributed by atoms with Crippen LogP contribution in [-0.2, 0) is 0 Å². The predicted octanol–water partition coefficient (Wildman–Crippen LogP) is 2.41. The Bertz CT molecular complexity index is 563. The molecule has 1 heterocycles. The summed E-state index contributed by atoms with van der Waals surface area (Å²) in [5.74, 6) is -0.127. The molecule has 2 aromatic rings. The zero-order valence-electron chi connectivity index (χ0n) is 9.04. The first-order valence-corrected chi connectivity index (χ1v) is 5.22. The summed E-state index contributed by atoms with van der Waals surface area (Å²) in [6, 6.07) is 4.32. The summed E-state index contributed by atoms with van der Waals surface area (Å²) in [5.41, 5.74) is 13.1. The van der Waals surface area contributed by atoms with Gasteiger partial charge in [-0.05, 0) is 24.6 Å². The average molecular weight is 253 g/mol. The molecule has 0 bridgehead atoms. The fourth-order valence-corrected chi connectivity index (χ4v) is 1.81. The van der Waals surface area contributed by atoms with E-state index in [9.17, 15) is 4.39 Å². The Morgan fingerprint density at radius 1 is 1.24 bits per heavy atom. The van der Waals surface area contributed by atoms with E-state index in [4.69, 9.17) is 23.1 Å². The van der Waals surface area contributed by atoms with Crippen molar-refractivity contribution in [2.75, 3.05) is 11.5 Å². The summed E-state index contributed by atoms with van der Waals surface area (Å²) in [5, 5.41) is 0.0260. The van der Waals surface area contributed by atoms with E-state index < -0.39 is 5.82 Å².